The van der Waals surface area contributed by atoms with Crippen LogP contribution in [0.1, 0.15) is 20.3 Å². The fourth-order valence-electron chi connectivity index (χ4n) is 4.49. The number of methoxy groups -OCH3 is 2. The zero-order valence-electron chi connectivity index (χ0n) is 19.4. The van der Waals surface area contributed by atoms with Crippen molar-refractivity contribution >= 4 is 28.6 Å². The van der Waals surface area contributed by atoms with Crippen LogP contribution in [0.5, 0.6) is 11.5 Å². The first-order chi connectivity index (χ1) is 15.9. The molecule has 1 saturated heterocycles. The van der Waals surface area contributed by atoms with Crippen molar-refractivity contribution in [2.75, 3.05) is 33.1 Å². The summed E-state index contributed by atoms with van der Waals surface area (Å²) in [6, 6.07) is 12.5. The molecule has 0 radical (unpaired) electrons. The predicted molar refractivity (Wildman–Crippen MR) is 131 cm³/mol. The van der Waals surface area contributed by atoms with Crippen LogP contribution in [0.3, 0.4) is 0 Å². The van der Waals surface area contributed by atoms with Gasteiger partial charge >= 0.3 is 0 Å². The van der Waals surface area contributed by atoms with Crippen molar-refractivity contribution in [3.63, 3.8) is 0 Å². The molecule has 1 aliphatic heterocycles. The summed E-state index contributed by atoms with van der Waals surface area (Å²) in [5.41, 5.74) is 1.02. The molecule has 2 atom stereocenters. The van der Waals surface area contributed by atoms with Gasteiger partial charge in [-0.05, 0) is 42.5 Å². The van der Waals surface area contributed by atoms with E-state index in [1.807, 2.05) is 23.1 Å². The number of nitrogens with zero attached hydrogens (tertiary/aromatic N) is 3. The Balaban J connectivity index is 1.72. The van der Waals surface area contributed by atoms with E-state index in [4.69, 9.17) is 14.5 Å². The molecular formula is C25H29N3O4S. The summed E-state index contributed by atoms with van der Waals surface area (Å²) in [5, 5.41) is 0.985. The van der Waals surface area contributed by atoms with E-state index >= 15 is 0 Å². The standard InChI is InChI=1S/C25H29N3O4S/c1-16-11-17(2)14-27(13-16)23(29)15-33-25-26-20-8-6-5-7-19(20)24(30)28(25)18-9-10-21(31-3)22(12-18)32-4/h5-10,12,16-17H,11,13-15H2,1-4H3/t16-,17+. The molecule has 3 aromatic rings. The number of amides is 1. The maximum Gasteiger partial charge on any atom is 0.266 e. The third-order valence-electron chi connectivity index (χ3n) is 5.92. The second kappa shape index (κ2) is 9.87. The van der Waals surface area contributed by atoms with Gasteiger partial charge in [-0.3, -0.25) is 14.2 Å². The zero-order valence-corrected chi connectivity index (χ0v) is 20.2. The molecule has 8 heteroatoms. The lowest BCUT2D eigenvalue weighted by Crippen LogP contribution is -2.43. The molecule has 0 bridgehead atoms. The minimum Gasteiger partial charge on any atom is -0.493 e. The molecule has 1 fully saturated rings. The monoisotopic (exact) mass is 467 g/mol. The molecule has 0 N–H and O–H groups in total. The number of para-hydroxylation sites is 1. The molecule has 0 saturated carbocycles. The Morgan fingerprint density at radius 2 is 1.76 bits per heavy atom. The molecular weight excluding hydrogens is 438 g/mol. The molecule has 4 rings (SSSR count). The van der Waals surface area contributed by atoms with Crippen LogP contribution in [0.4, 0.5) is 0 Å². The molecule has 33 heavy (non-hydrogen) atoms. The molecule has 2 aromatic carbocycles. The fourth-order valence-corrected chi connectivity index (χ4v) is 5.40. The first-order valence-corrected chi connectivity index (χ1v) is 12.0. The van der Waals surface area contributed by atoms with Crippen molar-refractivity contribution in [1.29, 1.82) is 0 Å². The van der Waals surface area contributed by atoms with Crippen LogP contribution in [0.25, 0.3) is 16.6 Å². The molecule has 1 aliphatic rings. The summed E-state index contributed by atoms with van der Waals surface area (Å²) in [4.78, 5) is 33.2. The number of hydrogen-bond donors (Lipinski definition) is 0. The van der Waals surface area contributed by atoms with Gasteiger partial charge in [0.1, 0.15) is 0 Å². The van der Waals surface area contributed by atoms with Gasteiger partial charge in [0.05, 0.1) is 36.6 Å². The van der Waals surface area contributed by atoms with E-state index in [0.717, 1.165) is 19.5 Å². The maximum absolute atomic E-state index is 13.5. The van der Waals surface area contributed by atoms with Crippen molar-refractivity contribution in [2.45, 2.75) is 25.4 Å². The third kappa shape index (κ3) is 4.85. The van der Waals surface area contributed by atoms with E-state index in [1.165, 1.54) is 11.8 Å². The van der Waals surface area contributed by atoms with E-state index in [9.17, 15) is 9.59 Å². The van der Waals surface area contributed by atoms with Crippen LogP contribution < -0.4 is 15.0 Å². The van der Waals surface area contributed by atoms with Crippen molar-refractivity contribution in [3.05, 3.63) is 52.8 Å². The van der Waals surface area contributed by atoms with Gasteiger partial charge < -0.3 is 14.4 Å². The summed E-state index contributed by atoms with van der Waals surface area (Å²) in [7, 11) is 3.12. The number of aromatic nitrogens is 2. The number of piperidine rings is 1. The molecule has 1 aromatic heterocycles. The van der Waals surface area contributed by atoms with Gasteiger partial charge in [-0.25, -0.2) is 4.98 Å². The first-order valence-electron chi connectivity index (χ1n) is 11.1. The number of fused-ring (bicyclic) bond motifs is 1. The maximum atomic E-state index is 13.5. The van der Waals surface area contributed by atoms with E-state index < -0.39 is 0 Å². The summed E-state index contributed by atoms with van der Waals surface area (Å²) in [6.45, 7) is 5.92. The van der Waals surface area contributed by atoms with Gasteiger partial charge in [-0.15, -0.1) is 0 Å². The molecule has 1 amide bonds. The van der Waals surface area contributed by atoms with Crippen LogP contribution in [0.2, 0.25) is 0 Å². The van der Waals surface area contributed by atoms with Gasteiger partial charge in [-0.1, -0.05) is 37.7 Å². The minimum atomic E-state index is -0.192. The van der Waals surface area contributed by atoms with E-state index in [0.29, 0.717) is 45.1 Å². The van der Waals surface area contributed by atoms with Gasteiger partial charge in [0.2, 0.25) is 5.91 Å². The van der Waals surface area contributed by atoms with Gasteiger partial charge in [0.15, 0.2) is 16.7 Å². The highest BCUT2D eigenvalue weighted by atomic mass is 32.2. The Hall–Kier alpha value is -3.00. The highest BCUT2D eigenvalue weighted by Crippen LogP contribution is 2.31. The number of thioether (sulfide) groups is 1. The summed E-state index contributed by atoms with van der Waals surface area (Å²) in [5.74, 6) is 2.36. The number of rotatable bonds is 6. The quantitative estimate of drug-likeness (QED) is 0.403. The van der Waals surface area contributed by atoms with Crippen LogP contribution >= 0.6 is 11.8 Å². The number of carbonyl (C=O) groups is 1. The molecule has 0 spiro atoms. The third-order valence-corrected chi connectivity index (χ3v) is 6.84. The summed E-state index contributed by atoms with van der Waals surface area (Å²) >= 11 is 1.29. The lowest BCUT2D eigenvalue weighted by Gasteiger charge is -2.35. The Labute approximate surface area is 197 Å². The smallest absolute Gasteiger partial charge is 0.266 e. The van der Waals surface area contributed by atoms with Crippen LogP contribution in [-0.2, 0) is 4.79 Å². The van der Waals surface area contributed by atoms with Crippen molar-refractivity contribution < 1.29 is 14.3 Å². The Bertz CT molecular complexity index is 1220. The van der Waals surface area contributed by atoms with Crippen LogP contribution in [0, 0.1) is 11.8 Å². The lowest BCUT2D eigenvalue weighted by atomic mass is 9.92. The number of likely N-dealkylation sites (tertiary alicyclic amines) is 1. The Kier molecular flexibility index (Phi) is 6.93. The molecule has 174 valence electrons. The summed E-state index contributed by atoms with van der Waals surface area (Å²) in [6.07, 6.45) is 1.14. The molecule has 7 nitrogen and oxygen atoms in total. The molecule has 0 unspecified atom stereocenters. The SMILES string of the molecule is COc1ccc(-n2c(SCC(=O)N3C[C@H](C)C[C@H](C)C3)nc3ccccc3c2=O)cc1OC. The van der Waals surface area contributed by atoms with Crippen molar-refractivity contribution in [2.24, 2.45) is 11.8 Å². The lowest BCUT2D eigenvalue weighted by molar-refractivity contribution is -0.130. The van der Waals surface area contributed by atoms with Crippen molar-refractivity contribution in [1.82, 2.24) is 14.5 Å². The second-order valence-corrected chi connectivity index (χ2v) is 9.57. The highest BCUT2D eigenvalue weighted by Gasteiger charge is 2.26. The topological polar surface area (TPSA) is 73.7 Å². The number of hydrogen-bond acceptors (Lipinski definition) is 6. The van der Waals surface area contributed by atoms with E-state index in [-0.39, 0.29) is 17.2 Å². The van der Waals surface area contributed by atoms with Gasteiger partial charge in [0, 0.05) is 19.2 Å². The summed E-state index contributed by atoms with van der Waals surface area (Å²) < 4.78 is 12.3. The Morgan fingerprint density at radius 3 is 2.45 bits per heavy atom. The minimum absolute atomic E-state index is 0.0691. The van der Waals surface area contributed by atoms with Gasteiger partial charge in [-0.2, -0.15) is 0 Å². The Morgan fingerprint density at radius 1 is 1.06 bits per heavy atom. The average molecular weight is 468 g/mol. The number of benzene rings is 2. The predicted octanol–water partition coefficient (Wildman–Crippen LogP) is 4.00. The van der Waals surface area contributed by atoms with Gasteiger partial charge in [0.25, 0.3) is 5.56 Å². The largest absolute Gasteiger partial charge is 0.493 e. The molecule has 2 heterocycles. The average Bonchev–Trinajstić information content (AvgIpc) is 2.81. The first kappa shape index (κ1) is 23.2. The zero-order chi connectivity index (χ0) is 23.5. The molecule has 0 aliphatic carbocycles. The van der Waals surface area contributed by atoms with Crippen LogP contribution in [-0.4, -0.2) is 53.4 Å². The van der Waals surface area contributed by atoms with Crippen LogP contribution in [0.15, 0.2) is 52.4 Å². The normalized spacial score (nSPS) is 18.4. The van der Waals surface area contributed by atoms with Crippen molar-refractivity contribution in [3.8, 4) is 17.2 Å². The second-order valence-electron chi connectivity index (χ2n) is 8.62. The number of ether oxygens (including phenoxy) is 2. The van der Waals surface area contributed by atoms with E-state index in [1.54, 1.807) is 43.1 Å². The number of carbonyl (C=O) groups excluding carboxylic acids is 1. The highest BCUT2D eigenvalue weighted by molar-refractivity contribution is 7.99. The van der Waals surface area contributed by atoms with E-state index in [2.05, 4.69) is 13.8 Å². The fraction of sp³-hybridized carbons (Fsp3) is 0.400.